The minimum atomic E-state index is 0.0366. The summed E-state index contributed by atoms with van der Waals surface area (Å²) < 4.78 is 11.0. The SMILES string of the molecule is COc1ccccc1OCC(=O)N1CCC[C@]2(C)NCCCC[C@H]12. The summed E-state index contributed by atoms with van der Waals surface area (Å²) in [6.07, 6.45) is 5.61. The van der Waals surface area contributed by atoms with Gasteiger partial charge in [0.25, 0.3) is 5.91 Å². The number of hydrogen-bond acceptors (Lipinski definition) is 4. The van der Waals surface area contributed by atoms with Crippen molar-refractivity contribution in [3.05, 3.63) is 24.3 Å². The molecule has 1 N–H and O–H groups in total. The number of carbonyl (C=O) groups is 1. The minimum absolute atomic E-state index is 0.0366. The standard InChI is InChI=1S/C19H28N2O3/c1-19-11-7-13-21(17(19)10-5-6-12-20-19)18(22)14-24-16-9-4-3-8-15(16)23-2/h3-4,8-9,17,20H,5-7,10-14H2,1-2H3/t17-,19-/m0/s1. The lowest BCUT2D eigenvalue weighted by molar-refractivity contribution is -0.139. The fourth-order valence-electron chi connectivity index (χ4n) is 4.06. The molecule has 0 saturated carbocycles. The highest BCUT2D eigenvalue weighted by atomic mass is 16.5. The number of amides is 1. The van der Waals surface area contributed by atoms with Crippen molar-refractivity contribution in [3.63, 3.8) is 0 Å². The highest BCUT2D eigenvalue weighted by Crippen LogP contribution is 2.33. The Morgan fingerprint density at radius 2 is 2.08 bits per heavy atom. The number of para-hydroxylation sites is 2. The summed E-state index contributed by atoms with van der Waals surface area (Å²) in [6, 6.07) is 7.71. The van der Waals surface area contributed by atoms with Gasteiger partial charge in [-0.2, -0.15) is 0 Å². The van der Waals surface area contributed by atoms with Gasteiger partial charge in [-0.05, 0) is 51.3 Å². The second-order valence-corrected chi connectivity index (χ2v) is 6.99. The van der Waals surface area contributed by atoms with Crippen molar-refractivity contribution < 1.29 is 14.3 Å². The van der Waals surface area contributed by atoms with Crippen molar-refractivity contribution in [1.29, 1.82) is 0 Å². The molecule has 2 aliphatic rings. The molecule has 24 heavy (non-hydrogen) atoms. The smallest absolute Gasteiger partial charge is 0.260 e. The summed E-state index contributed by atoms with van der Waals surface area (Å²) >= 11 is 0. The van der Waals surface area contributed by atoms with Crippen molar-refractivity contribution in [1.82, 2.24) is 10.2 Å². The van der Waals surface area contributed by atoms with E-state index in [2.05, 4.69) is 12.2 Å². The van der Waals surface area contributed by atoms with Crippen LogP contribution >= 0.6 is 0 Å². The van der Waals surface area contributed by atoms with Gasteiger partial charge in [-0.15, -0.1) is 0 Å². The van der Waals surface area contributed by atoms with Gasteiger partial charge in [-0.25, -0.2) is 0 Å². The third-order valence-electron chi connectivity index (χ3n) is 5.38. The van der Waals surface area contributed by atoms with Crippen molar-refractivity contribution in [3.8, 4) is 11.5 Å². The van der Waals surface area contributed by atoms with Crippen LogP contribution in [0.3, 0.4) is 0 Å². The van der Waals surface area contributed by atoms with E-state index in [9.17, 15) is 4.79 Å². The van der Waals surface area contributed by atoms with E-state index in [0.29, 0.717) is 11.5 Å². The van der Waals surface area contributed by atoms with E-state index in [-0.39, 0.29) is 24.1 Å². The zero-order chi connectivity index (χ0) is 17.0. The topological polar surface area (TPSA) is 50.8 Å². The molecular formula is C19H28N2O3. The van der Waals surface area contributed by atoms with Gasteiger partial charge in [-0.3, -0.25) is 4.79 Å². The second kappa shape index (κ2) is 7.43. The molecule has 0 unspecified atom stereocenters. The van der Waals surface area contributed by atoms with Gasteiger partial charge in [-0.1, -0.05) is 18.6 Å². The first-order valence-electron chi connectivity index (χ1n) is 8.94. The number of fused-ring (bicyclic) bond motifs is 1. The van der Waals surface area contributed by atoms with Gasteiger partial charge in [0.05, 0.1) is 7.11 Å². The number of nitrogens with one attached hydrogen (secondary N) is 1. The average molecular weight is 332 g/mol. The summed E-state index contributed by atoms with van der Waals surface area (Å²) in [5, 5.41) is 3.68. The van der Waals surface area contributed by atoms with Crippen LogP contribution in [-0.4, -0.2) is 49.2 Å². The van der Waals surface area contributed by atoms with E-state index < -0.39 is 0 Å². The van der Waals surface area contributed by atoms with Gasteiger partial charge in [0.15, 0.2) is 18.1 Å². The molecule has 3 rings (SSSR count). The van der Waals surface area contributed by atoms with Crippen molar-refractivity contribution in [2.24, 2.45) is 0 Å². The first kappa shape index (κ1) is 17.1. The Hall–Kier alpha value is -1.75. The predicted molar refractivity (Wildman–Crippen MR) is 93.5 cm³/mol. The number of methoxy groups -OCH3 is 1. The number of hydrogen-bond donors (Lipinski definition) is 1. The molecule has 0 aromatic heterocycles. The van der Waals surface area contributed by atoms with Crippen LogP contribution in [0.15, 0.2) is 24.3 Å². The quantitative estimate of drug-likeness (QED) is 0.921. The maximum atomic E-state index is 12.8. The zero-order valence-electron chi connectivity index (χ0n) is 14.7. The van der Waals surface area contributed by atoms with Gasteiger partial charge in [0.2, 0.25) is 0 Å². The van der Waals surface area contributed by atoms with Gasteiger partial charge < -0.3 is 19.7 Å². The number of benzene rings is 1. The molecule has 1 amide bonds. The lowest BCUT2D eigenvalue weighted by atomic mass is 9.81. The van der Waals surface area contributed by atoms with Crippen LogP contribution in [0, 0.1) is 0 Å². The van der Waals surface area contributed by atoms with Gasteiger partial charge in [0, 0.05) is 18.1 Å². The molecule has 5 nitrogen and oxygen atoms in total. The highest BCUT2D eigenvalue weighted by molar-refractivity contribution is 5.78. The monoisotopic (exact) mass is 332 g/mol. The van der Waals surface area contributed by atoms with Crippen molar-refractivity contribution >= 4 is 5.91 Å². The normalized spacial score (nSPS) is 27.1. The lowest BCUT2D eigenvalue weighted by Gasteiger charge is -2.48. The number of likely N-dealkylation sites (tertiary alicyclic amines) is 1. The molecule has 2 aliphatic heterocycles. The van der Waals surface area contributed by atoms with Gasteiger partial charge in [0.1, 0.15) is 0 Å². The van der Waals surface area contributed by atoms with Crippen LogP contribution in [-0.2, 0) is 4.79 Å². The molecule has 1 aromatic rings. The Morgan fingerprint density at radius 1 is 1.29 bits per heavy atom. The summed E-state index contributed by atoms with van der Waals surface area (Å²) in [5.41, 5.74) is 0.0366. The Kier molecular flexibility index (Phi) is 5.29. The molecule has 2 heterocycles. The summed E-state index contributed by atoms with van der Waals surface area (Å²) in [6.45, 7) is 4.21. The fraction of sp³-hybridized carbons (Fsp3) is 0.632. The molecule has 132 valence electrons. The van der Waals surface area contributed by atoms with E-state index >= 15 is 0 Å². The third kappa shape index (κ3) is 3.51. The highest BCUT2D eigenvalue weighted by Gasteiger charge is 2.43. The average Bonchev–Trinajstić information content (AvgIpc) is 2.80. The van der Waals surface area contributed by atoms with Crippen LogP contribution in [0.25, 0.3) is 0 Å². The second-order valence-electron chi connectivity index (χ2n) is 6.99. The number of piperidine rings is 1. The summed E-state index contributed by atoms with van der Waals surface area (Å²) in [7, 11) is 1.61. The van der Waals surface area contributed by atoms with Crippen LogP contribution in [0.4, 0.5) is 0 Å². The van der Waals surface area contributed by atoms with Crippen LogP contribution in [0.2, 0.25) is 0 Å². The molecule has 1 aromatic carbocycles. The van der Waals surface area contributed by atoms with Crippen LogP contribution in [0.1, 0.15) is 39.0 Å². The van der Waals surface area contributed by atoms with E-state index in [0.717, 1.165) is 32.4 Å². The Balaban J connectivity index is 1.67. The van der Waals surface area contributed by atoms with Crippen molar-refractivity contribution in [2.45, 2.75) is 50.6 Å². The molecule has 0 aliphatic carbocycles. The molecule has 0 radical (unpaired) electrons. The molecular weight excluding hydrogens is 304 g/mol. The van der Waals surface area contributed by atoms with E-state index in [1.807, 2.05) is 29.2 Å². The summed E-state index contributed by atoms with van der Waals surface area (Å²) in [4.78, 5) is 14.9. The lowest BCUT2D eigenvalue weighted by Crippen LogP contribution is -2.63. The Labute approximate surface area is 144 Å². The molecule has 2 fully saturated rings. The summed E-state index contributed by atoms with van der Waals surface area (Å²) in [5.74, 6) is 1.34. The third-order valence-corrected chi connectivity index (χ3v) is 5.38. The fourth-order valence-corrected chi connectivity index (χ4v) is 4.06. The van der Waals surface area contributed by atoms with Crippen LogP contribution in [0.5, 0.6) is 11.5 Å². The van der Waals surface area contributed by atoms with E-state index in [4.69, 9.17) is 9.47 Å². The van der Waals surface area contributed by atoms with Gasteiger partial charge >= 0.3 is 0 Å². The molecule has 5 heteroatoms. The predicted octanol–water partition coefficient (Wildman–Crippen LogP) is 2.60. The maximum absolute atomic E-state index is 12.8. The molecule has 0 spiro atoms. The minimum Gasteiger partial charge on any atom is -0.493 e. The number of nitrogens with zero attached hydrogens (tertiary/aromatic N) is 1. The first-order valence-corrected chi connectivity index (χ1v) is 8.94. The first-order chi connectivity index (χ1) is 11.6. The number of rotatable bonds is 4. The maximum Gasteiger partial charge on any atom is 0.260 e. The zero-order valence-corrected chi connectivity index (χ0v) is 14.7. The molecule has 2 atom stereocenters. The largest absolute Gasteiger partial charge is 0.493 e. The number of carbonyl (C=O) groups excluding carboxylic acids is 1. The Bertz CT molecular complexity index is 577. The molecule has 0 bridgehead atoms. The van der Waals surface area contributed by atoms with E-state index in [1.54, 1.807) is 7.11 Å². The van der Waals surface area contributed by atoms with Crippen molar-refractivity contribution in [2.75, 3.05) is 26.8 Å². The van der Waals surface area contributed by atoms with E-state index in [1.165, 1.54) is 12.8 Å². The number of ether oxygens (including phenoxy) is 2. The van der Waals surface area contributed by atoms with Crippen LogP contribution < -0.4 is 14.8 Å². The Morgan fingerprint density at radius 3 is 2.88 bits per heavy atom. The molecule has 2 saturated heterocycles.